The van der Waals surface area contributed by atoms with Crippen molar-refractivity contribution in [2.24, 2.45) is 0 Å². The summed E-state index contributed by atoms with van der Waals surface area (Å²) in [5.74, 6) is 0.714. The van der Waals surface area contributed by atoms with Gasteiger partial charge in [0.05, 0.1) is 14.2 Å². The van der Waals surface area contributed by atoms with Gasteiger partial charge in [0.15, 0.2) is 23.0 Å². The molecule has 0 bridgehead atoms. The third-order valence-electron chi connectivity index (χ3n) is 5.35. The van der Waals surface area contributed by atoms with Crippen molar-refractivity contribution in [3.05, 3.63) is 74.5 Å². The normalized spacial score (nSPS) is 10.9. The van der Waals surface area contributed by atoms with Crippen molar-refractivity contribution in [1.82, 2.24) is 19.1 Å². The smallest absolute Gasteiger partial charge is 0.333 e. The van der Waals surface area contributed by atoms with E-state index in [9.17, 15) is 14.4 Å². The van der Waals surface area contributed by atoms with E-state index in [4.69, 9.17) is 21.1 Å². The van der Waals surface area contributed by atoms with Crippen molar-refractivity contribution in [1.29, 1.82) is 0 Å². The van der Waals surface area contributed by atoms with Crippen LogP contribution in [0, 0.1) is 0 Å². The van der Waals surface area contributed by atoms with Gasteiger partial charge in [-0.3, -0.25) is 18.7 Å². The average Bonchev–Trinajstić information content (AvgIpc) is 2.87. The van der Waals surface area contributed by atoms with Gasteiger partial charge in [0, 0.05) is 35.1 Å². The minimum absolute atomic E-state index is 0.128. The number of hydrogen-bond donors (Lipinski definition) is 1. The number of aromatic nitrogens is 4. The molecule has 35 heavy (non-hydrogen) atoms. The van der Waals surface area contributed by atoms with Gasteiger partial charge in [-0.15, -0.1) is 0 Å². The maximum atomic E-state index is 13.1. The molecule has 0 aliphatic rings. The summed E-state index contributed by atoms with van der Waals surface area (Å²) in [5, 5.41) is 3.36. The summed E-state index contributed by atoms with van der Waals surface area (Å²) in [6, 6.07) is 11.7. The van der Waals surface area contributed by atoms with Crippen molar-refractivity contribution in [2.45, 2.75) is 20.0 Å². The van der Waals surface area contributed by atoms with Gasteiger partial charge in [-0.1, -0.05) is 11.6 Å². The van der Waals surface area contributed by atoms with E-state index in [-0.39, 0.29) is 17.6 Å². The largest absolute Gasteiger partial charge is 0.493 e. The number of carbonyl (C=O) groups is 1. The Kier molecular flexibility index (Phi) is 6.83. The maximum Gasteiger partial charge on any atom is 0.333 e. The van der Waals surface area contributed by atoms with Crippen LogP contribution in [0.4, 0.5) is 5.69 Å². The molecule has 0 spiro atoms. The number of hydrogen-bond acceptors (Lipinski definition) is 7. The Morgan fingerprint density at radius 1 is 1.03 bits per heavy atom. The van der Waals surface area contributed by atoms with Crippen LogP contribution in [0.1, 0.15) is 6.92 Å². The molecule has 0 aliphatic heterocycles. The number of amides is 1. The standard InChI is InChI=1S/C24H22ClN5O5/c1-4-29-22-17(12-26-21(28-22)14-5-7-15(25)8-6-14)23(32)30(24(29)33)13-20(31)27-16-9-10-18(34-2)19(11-16)35-3/h5-12H,4,13H2,1-3H3,(H,27,31). The van der Waals surface area contributed by atoms with E-state index in [0.717, 1.165) is 4.57 Å². The summed E-state index contributed by atoms with van der Waals surface area (Å²) in [4.78, 5) is 47.7. The Morgan fingerprint density at radius 3 is 2.40 bits per heavy atom. The second-order valence-corrected chi connectivity index (χ2v) is 7.91. The molecule has 2 aromatic carbocycles. The van der Waals surface area contributed by atoms with E-state index in [1.165, 1.54) is 25.0 Å². The topological polar surface area (TPSA) is 117 Å². The number of aryl methyl sites for hydroxylation is 1. The van der Waals surface area contributed by atoms with Crippen LogP contribution in [0.25, 0.3) is 22.4 Å². The first-order valence-electron chi connectivity index (χ1n) is 10.6. The summed E-state index contributed by atoms with van der Waals surface area (Å²) >= 11 is 5.95. The first-order chi connectivity index (χ1) is 16.9. The van der Waals surface area contributed by atoms with E-state index in [2.05, 4.69) is 15.3 Å². The van der Waals surface area contributed by atoms with Crippen molar-refractivity contribution >= 4 is 34.2 Å². The van der Waals surface area contributed by atoms with E-state index < -0.39 is 23.7 Å². The number of ether oxygens (including phenoxy) is 2. The lowest BCUT2D eigenvalue weighted by atomic mass is 10.2. The molecular formula is C24H22ClN5O5. The number of halogens is 1. The first-order valence-corrected chi connectivity index (χ1v) is 11.0. The lowest BCUT2D eigenvalue weighted by Crippen LogP contribution is -2.42. The van der Waals surface area contributed by atoms with Crippen LogP contribution in [0.15, 0.2) is 58.3 Å². The molecule has 180 valence electrons. The van der Waals surface area contributed by atoms with Crippen molar-refractivity contribution < 1.29 is 14.3 Å². The molecule has 4 aromatic rings. The third kappa shape index (κ3) is 4.73. The zero-order chi connectivity index (χ0) is 25.1. The van der Waals surface area contributed by atoms with Gasteiger partial charge in [0.25, 0.3) is 5.56 Å². The Morgan fingerprint density at radius 2 is 1.74 bits per heavy atom. The molecular weight excluding hydrogens is 474 g/mol. The number of benzene rings is 2. The van der Waals surface area contributed by atoms with Gasteiger partial charge < -0.3 is 14.8 Å². The predicted octanol–water partition coefficient (Wildman–Crippen LogP) is 2.95. The van der Waals surface area contributed by atoms with Crippen LogP contribution in [-0.4, -0.2) is 39.2 Å². The zero-order valence-corrected chi connectivity index (χ0v) is 20.0. The van der Waals surface area contributed by atoms with Crippen LogP contribution in [0.5, 0.6) is 11.5 Å². The van der Waals surface area contributed by atoms with Crippen molar-refractivity contribution in [3.8, 4) is 22.9 Å². The van der Waals surface area contributed by atoms with Crippen molar-refractivity contribution in [3.63, 3.8) is 0 Å². The Bertz CT molecular complexity index is 1530. The van der Waals surface area contributed by atoms with E-state index in [1.807, 2.05) is 0 Å². The molecule has 0 atom stereocenters. The highest BCUT2D eigenvalue weighted by Gasteiger charge is 2.18. The van der Waals surface area contributed by atoms with Crippen LogP contribution in [0.3, 0.4) is 0 Å². The molecule has 0 radical (unpaired) electrons. The van der Waals surface area contributed by atoms with Crippen LogP contribution in [0.2, 0.25) is 5.02 Å². The molecule has 2 aromatic heterocycles. The highest BCUT2D eigenvalue weighted by Crippen LogP contribution is 2.29. The Balaban J connectivity index is 1.70. The molecule has 1 amide bonds. The molecule has 1 N–H and O–H groups in total. The number of nitrogens with one attached hydrogen (secondary N) is 1. The predicted molar refractivity (Wildman–Crippen MR) is 132 cm³/mol. The van der Waals surface area contributed by atoms with E-state index in [1.54, 1.807) is 49.4 Å². The molecule has 10 nitrogen and oxygen atoms in total. The molecule has 11 heteroatoms. The fourth-order valence-corrected chi connectivity index (χ4v) is 3.74. The highest BCUT2D eigenvalue weighted by molar-refractivity contribution is 6.30. The van der Waals surface area contributed by atoms with Gasteiger partial charge in [-0.2, -0.15) is 0 Å². The van der Waals surface area contributed by atoms with E-state index >= 15 is 0 Å². The van der Waals surface area contributed by atoms with Crippen LogP contribution < -0.4 is 26.0 Å². The molecule has 0 unspecified atom stereocenters. The second kappa shape index (κ2) is 9.98. The minimum Gasteiger partial charge on any atom is -0.493 e. The molecule has 0 saturated carbocycles. The van der Waals surface area contributed by atoms with Crippen LogP contribution >= 0.6 is 11.6 Å². The number of methoxy groups -OCH3 is 2. The lowest BCUT2D eigenvalue weighted by molar-refractivity contribution is -0.116. The first kappa shape index (κ1) is 24.0. The quantitative estimate of drug-likeness (QED) is 0.419. The third-order valence-corrected chi connectivity index (χ3v) is 5.60. The summed E-state index contributed by atoms with van der Waals surface area (Å²) < 4.78 is 12.6. The Hall–Kier alpha value is -4.18. The number of anilines is 1. The monoisotopic (exact) mass is 495 g/mol. The molecule has 0 aliphatic carbocycles. The number of rotatable bonds is 7. The summed E-state index contributed by atoms with van der Waals surface area (Å²) in [7, 11) is 2.98. The summed E-state index contributed by atoms with van der Waals surface area (Å²) in [6.07, 6.45) is 1.36. The lowest BCUT2D eigenvalue weighted by Gasteiger charge is -2.13. The molecule has 0 saturated heterocycles. The zero-order valence-electron chi connectivity index (χ0n) is 19.2. The molecule has 4 rings (SSSR count). The molecule has 0 fully saturated rings. The number of carbonyl (C=O) groups excluding carboxylic acids is 1. The number of nitrogens with zero attached hydrogens (tertiary/aromatic N) is 4. The van der Waals surface area contributed by atoms with E-state index in [0.29, 0.717) is 33.6 Å². The average molecular weight is 496 g/mol. The van der Waals surface area contributed by atoms with Gasteiger partial charge in [-0.05, 0) is 43.3 Å². The Labute approximate surface area is 204 Å². The maximum absolute atomic E-state index is 13.1. The fraction of sp³-hybridized carbons (Fsp3) is 0.208. The van der Waals surface area contributed by atoms with Crippen molar-refractivity contribution in [2.75, 3.05) is 19.5 Å². The minimum atomic E-state index is -0.653. The second-order valence-electron chi connectivity index (χ2n) is 7.47. The van der Waals surface area contributed by atoms with Gasteiger partial charge in [0.2, 0.25) is 5.91 Å². The fourth-order valence-electron chi connectivity index (χ4n) is 3.62. The number of fused-ring (bicyclic) bond motifs is 1. The summed E-state index contributed by atoms with van der Waals surface area (Å²) in [6.45, 7) is 1.51. The van der Waals surface area contributed by atoms with Gasteiger partial charge >= 0.3 is 5.69 Å². The van der Waals surface area contributed by atoms with Gasteiger partial charge in [0.1, 0.15) is 11.9 Å². The summed E-state index contributed by atoms with van der Waals surface area (Å²) in [5.41, 5.74) is 0.00478. The highest BCUT2D eigenvalue weighted by atomic mass is 35.5. The van der Waals surface area contributed by atoms with Crippen LogP contribution in [-0.2, 0) is 17.9 Å². The SMILES string of the molecule is CCn1c(=O)n(CC(=O)Nc2ccc(OC)c(OC)c2)c(=O)c2cnc(-c3ccc(Cl)cc3)nc21. The molecule has 2 heterocycles. The van der Waals surface area contributed by atoms with Gasteiger partial charge in [-0.25, -0.2) is 14.8 Å².